The Morgan fingerprint density at radius 1 is 1.47 bits per heavy atom. The first-order chi connectivity index (χ1) is 8.01. The van der Waals surface area contributed by atoms with Crippen molar-refractivity contribution < 1.29 is 8.42 Å². The second kappa shape index (κ2) is 4.40. The van der Waals surface area contributed by atoms with E-state index in [4.69, 9.17) is 5.26 Å². The predicted molar refractivity (Wildman–Crippen MR) is 64.5 cm³/mol. The van der Waals surface area contributed by atoms with Crippen molar-refractivity contribution in [3.63, 3.8) is 0 Å². The van der Waals surface area contributed by atoms with Gasteiger partial charge in [0, 0.05) is 11.5 Å². The number of sulfonamides is 1. The Labute approximate surface area is 106 Å². The second-order valence-corrected chi connectivity index (χ2v) is 6.73. The third-order valence-electron chi connectivity index (χ3n) is 1.71. The van der Waals surface area contributed by atoms with Gasteiger partial charge in [0.2, 0.25) is 5.13 Å². The quantitative estimate of drug-likeness (QED) is 0.924. The molecule has 2 heterocycles. The van der Waals surface area contributed by atoms with Crippen LogP contribution in [0, 0.1) is 18.3 Å². The van der Waals surface area contributed by atoms with Crippen LogP contribution in [0.4, 0.5) is 5.13 Å². The van der Waals surface area contributed by atoms with Crippen molar-refractivity contribution >= 4 is 38.0 Å². The zero-order chi connectivity index (χ0) is 12.5. The van der Waals surface area contributed by atoms with Gasteiger partial charge in [0.05, 0.1) is 0 Å². The minimum Gasteiger partial charge on any atom is -0.253 e. The van der Waals surface area contributed by atoms with Crippen LogP contribution < -0.4 is 4.72 Å². The van der Waals surface area contributed by atoms with Gasteiger partial charge in [-0.3, -0.25) is 4.72 Å². The van der Waals surface area contributed by atoms with Crippen LogP contribution >= 0.6 is 22.9 Å². The van der Waals surface area contributed by atoms with Gasteiger partial charge in [0.15, 0.2) is 0 Å². The molecule has 6 nitrogen and oxygen atoms in total. The first kappa shape index (κ1) is 12.0. The molecule has 0 radical (unpaired) electrons. The summed E-state index contributed by atoms with van der Waals surface area (Å²) in [6, 6.07) is 4.74. The van der Waals surface area contributed by atoms with E-state index in [1.807, 2.05) is 6.07 Å². The molecule has 2 aromatic heterocycles. The molecule has 2 aromatic rings. The number of nitrogens with zero attached hydrogens (tertiary/aromatic N) is 3. The number of hydrogen-bond acceptors (Lipinski definition) is 7. The summed E-state index contributed by atoms with van der Waals surface area (Å²) < 4.78 is 30.0. The molecule has 2 rings (SSSR count). The highest BCUT2D eigenvalue weighted by Crippen LogP contribution is 2.23. The van der Waals surface area contributed by atoms with Crippen molar-refractivity contribution in [2.24, 2.45) is 0 Å². The molecule has 0 aromatic carbocycles. The topological polar surface area (TPSA) is 95.7 Å². The standard InChI is InChI=1S/C8H6N4O2S3/c1-5-10-8(16-11-5)12-17(13,14)7-3-2-6(4-9)15-7/h2-3H,1H3,(H,10,11,12). The van der Waals surface area contributed by atoms with Gasteiger partial charge in [-0.05, 0) is 19.1 Å². The maximum atomic E-state index is 11.9. The van der Waals surface area contributed by atoms with Crippen molar-refractivity contribution in [1.29, 1.82) is 5.26 Å². The predicted octanol–water partition coefficient (Wildman–Crippen LogP) is 1.58. The van der Waals surface area contributed by atoms with Crippen molar-refractivity contribution in [3.05, 3.63) is 22.8 Å². The van der Waals surface area contributed by atoms with Crippen molar-refractivity contribution in [2.75, 3.05) is 4.72 Å². The molecule has 0 fully saturated rings. The fourth-order valence-electron chi connectivity index (χ4n) is 1.03. The number of aryl methyl sites for hydroxylation is 1. The molecule has 0 saturated carbocycles. The first-order valence-corrected chi connectivity index (χ1v) is 7.41. The van der Waals surface area contributed by atoms with Gasteiger partial charge in [-0.25, -0.2) is 13.4 Å². The molecule has 0 saturated heterocycles. The third kappa shape index (κ3) is 2.60. The fourth-order valence-corrected chi connectivity index (χ4v) is 3.93. The second-order valence-electron chi connectivity index (χ2n) is 2.98. The summed E-state index contributed by atoms with van der Waals surface area (Å²) in [5.41, 5.74) is 0. The first-order valence-electron chi connectivity index (χ1n) is 4.34. The Hall–Kier alpha value is -1.50. The number of nitriles is 1. The van der Waals surface area contributed by atoms with Gasteiger partial charge >= 0.3 is 0 Å². The lowest BCUT2D eigenvalue weighted by Gasteiger charge is -2.00. The summed E-state index contributed by atoms with van der Waals surface area (Å²) in [7, 11) is -3.66. The zero-order valence-corrected chi connectivity index (χ0v) is 11.0. The minimum absolute atomic E-state index is 0.0851. The number of hydrogen-bond donors (Lipinski definition) is 1. The van der Waals surface area contributed by atoms with E-state index < -0.39 is 10.0 Å². The summed E-state index contributed by atoms with van der Waals surface area (Å²) in [5.74, 6) is 0.511. The Bertz CT molecular complexity index is 680. The van der Waals surface area contributed by atoms with Gasteiger partial charge in [0.1, 0.15) is 21.0 Å². The lowest BCUT2D eigenvalue weighted by molar-refractivity contribution is 0.603. The monoisotopic (exact) mass is 286 g/mol. The molecule has 0 spiro atoms. The zero-order valence-electron chi connectivity index (χ0n) is 8.54. The van der Waals surface area contributed by atoms with Crippen molar-refractivity contribution in [3.8, 4) is 6.07 Å². The molecule has 0 aliphatic rings. The molecule has 0 amide bonds. The average molecular weight is 286 g/mol. The number of anilines is 1. The highest BCUT2D eigenvalue weighted by Gasteiger charge is 2.18. The van der Waals surface area contributed by atoms with E-state index in [1.165, 1.54) is 12.1 Å². The smallest absolute Gasteiger partial charge is 0.253 e. The minimum atomic E-state index is -3.66. The molecule has 1 N–H and O–H groups in total. The number of rotatable bonds is 3. The average Bonchev–Trinajstić information content (AvgIpc) is 2.86. The molecular formula is C8H6N4O2S3. The summed E-state index contributed by atoms with van der Waals surface area (Å²) >= 11 is 1.88. The molecule has 9 heteroatoms. The number of aromatic nitrogens is 2. The maximum absolute atomic E-state index is 11.9. The van der Waals surface area contributed by atoms with Crippen LogP contribution in [0.15, 0.2) is 16.3 Å². The summed E-state index contributed by atoms with van der Waals surface area (Å²) in [6.45, 7) is 1.67. The van der Waals surface area contributed by atoms with E-state index in [2.05, 4.69) is 14.1 Å². The Balaban J connectivity index is 2.28. The van der Waals surface area contributed by atoms with Gasteiger partial charge in [-0.15, -0.1) is 11.3 Å². The van der Waals surface area contributed by atoms with Crippen LogP contribution in [0.25, 0.3) is 0 Å². The summed E-state index contributed by atoms with van der Waals surface area (Å²) in [5, 5.41) is 8.85. The van der Waals surface area contributed by atoms with E-state index in [0.717, 1.165) is 22.9 Å². The van der Waals surface area contributed by atoms with Crippen LogP contribution in [-0.2, 0) is 10.0 Å². The van der Waals surface area contributed by atoms with Crippen molar-refractivity contribution in [1.82, 2.24) is 9.36 Å². The van der Waals surface area contributed by atoms with Crippen LogP contribution in [0.3, 0.4) is 0 Å². The van der Waals surface area contributed by atoms with E-state index in [1.54, 1.807) is 6.92 Å². The largest absolute Gasteiger partial charge is 0.273 e. The van der Waals surface area contributed by atoms with E-state index in [0.29, 0.717) is 10.7 Å². The molecule has 0 atom stereocenters. The van der Waals surface area contributed by atoms with Crippen LogP contribution in [-0.4, -0.2) is 17.8 Å². The normalized spacial score (nSPS) is 11.1. The fraction of sp³-hybridized carbons (Fsp3) is 0.125. The number of nitrogens with one attached hydrogen (secondary N) is 1. The van der Waals surface area contributed by atoms with Crippen molar-refractivity contribution in [2.45, 2.75) is 11.1 Å². The number of thiophene rings is 1. The highest BCUT2D eigenvalue weighted by molar-refractivity contribution is 7.94. The molecule has 0 aliphatic carbocycles. The van der Waals surface area contributed by atoms with Gasteiger partial charge in [-0.2, -0.15) is 9.64 Å². The van der Waals surface area contributed by atoms with E-state index >= 15 is 0 Å². The van der Waals surface area contributed by atoms with E-state index in [9.17, 15) is 8.42 Å². The molecule has 0 bridgehead atoms. The van der Waals surface area contributed by atoms with Gasteiger partial charge in [0.25, 0.3) is 10.0 Å². The molecular weight excluding hydrogens is 280 g/mol. The van der Waals surface area contributed by atoms with Crippen LogP contribution in [0.5, 0.6) is 0 Å². The highest BCUT2D eigenvalue weighted by atomic mass is 32.2. The lowest BCUT2D eigenvalue weighted by Crippen LogP contribution is -2.11. The van der Waals surface area contributed by atoms with Crippen LogP contribution in [0.2, 0.25) is 0 Å². The Morgan fingerprint density at radius 3 is 2.76 bits per heavy atom. The molecule has 0 unspecified atom stereocenters. The SMILES string of the molecule is Cc1nsc(NS(=O)(=O)c2ccc(C#N)s2)n1. The van der Waals surface area contributed by atoms with Gasteiger partial charge < -0.3 is 0 Å². The Kier molecular flexibility index (Phi) is 3.10. The molecule has 88 valence electrons. The van der Waals surface area contributed by atoms with Gasteiger partial charge in [-0.1, -0.05) is 0 Å². The summed E-state index contributed by atoms with van der Waals surface area (Å²) in [6.07, 6.45) is 0. The molecule has 0 aliphatic heterocycles. The molecule has 17 heavy (non-hydrogen) atoms. The van der Waals surface area contributed by atoms with Crippen LogP contribution in [0.1, 0.15) is 10.7 Å². The van der Waals surface area contributed by atoms with E-state index in [-0.39, 0.29) is 9.34 Å². The maximum Gasteiger partial charge on any atom is 0.273 e. The lowest BCUT2D eigenvalue weighted by atomic mass is 10.5. The summed E-state index contributed by atoms with van der Waals surface area (Å²) in [4.78, 5) is 4.25. The third-order valence-corrected chi connectivity index (χ3v) is 5.38. The Morgan fingerprint density at radius 2 is 2.24 bits per heavy atom.